The standard InChI is InChI=1S/C18H24N4O3S/c1-13-10-17(19-11-14-6-4-5-7-16(14)25-3)21-18(20-13)22(2)15-8-9-26(23,24)12-15/h4-7,10,15H,8-9,11-12H2,1-3H3,(H,19,20,21). The summed E-state index contributed by atoms with van der Waals surface area (Å²) in [6.07, 6.45) is 0.611. The van der Waals surface area contributed by atoms with Gasteiger partial charge in [0.1, 0.15) is 11.6 Å². The van der Waals surface area contributed by atoms with Crippen molar-refractivity contribution in [3.05, 3.63) is 41.6 Å². The fourth-order valence-electron chi connectivity index (χ4n) is 3.08. The predicted molar refractivity (Wildman–Crippen MR) is 103 cm³/mol. The van der Waals surface area contributed by atoms with Crippen LogP contribution < -0.4 is 15.0 Å². The van der Waals surface area contributed by atoms with Gasteiger partial charge in [-0.25, -0.2) is 13.4 Å². The van der Waals surface area contributed by atoms with Crippen LogP contribution in [-0.2, 0) is 16.4 Å². The summed E-state index contributed by atoms with van der Waals surface area (Å²) in [4.78, 5) is 10.9. The minimum Gasteiger partial charge on any atom is -0.496 e. The van der Waals surface area contributed by atoms with Crippen molar-refractivity contribution < 1.29 is 13.2 Å². The van der Waals surface area contributed by atoms with Crippen LogP contribution in [0.3, 0.4) is 0 Å². The van der Waals surface area contributed by atoms with Crippen LogP contribution in [0.2, 0.25) is 0 Å². The van der Waals surface area contributed by atoms with Gasteiger partial charge in [-0.1, -0.05) is 18.2 Å². The molecule has 0 bridgehead atoms. The third-order valence-electron chi connectivity index (χ3n) is 4.57. The first-order valence-corrected chi connectivity index (χ1v) is 10.3. The fourth-order valence-corrected chi connectivity index (χ4v) is 4.85. The summed E-state index contributed by atoms with van der Waals surface area (Å²) in [6.45, 7) is 2.47. The van der Waals surface area contributed by atoms with Crippen molar-refractivity contribution in [3.63, 3.8) is 0 Å². The van der Waals surface area contributed by atoms with Crippen LogP contribution in [0.1, 0.15) is 17.7 Å². The lowest BCUT2D eigenvalue weighted by Gasteiger charge is -2.24. The molecule has 26 heavy (non-hydrogen) atoms. The van der Waals surface area contributed by atoms with Gasteiger partial charge in [0.15, 0.2) is 9.84 Å². The molecule has 0 spiro atoms. The lowest BCUT2D eigenvalue weighted by molar-refractivity contribution is 0.410. The first kappa shape index (κ1) is 18.4. The Morgan fingerprint density at radius 2 is 2.08 bits per heavy atom. The number of rotatable bonds is 6. The molecule has 1 N–H and O–H groups in total. The maximum absolute atomic E-state index is 11.7. The number of methoxy groups -OCH3 is 1. The van der Waals surface area contributed by atoms with E-state index in [9.17, 15) is 8.42 Å². The molecule has 1 aromatic carbocycles. The molecule has 0 aliphatic carbocycles. The van der Waals surface area contributed by atoms with E-state index in [1.54, 1.807) is 7.11 Å². The van der Waals surface area contributed by atoms with Crippen molar-refractivity contribution in [3.8, 4) is 5.75 Å². The predicted octanol–water partition coefficient (Wildman–Crippen LogP) is 2.03. The molecule has 2 heterocycles. The SMILES string of the molecule is COc1ccccc1CNc1cc(C)nc(N(C)C2CCS(=O)(=O)C2)n1. The Kier molecular flexibility index (Phi) is 5.31. The third-order valence-corrected chi connectivity index (χ3v) is 6.32. The van der Waals surface area contributed by atoms with Crippen LogP contribution in [0, 0.1) is 6.92 Å². The number of ether oxygens (including phenoxy) is 1. The lowest BCUT2D eigenvalue weighted by Crippen LogP contribution is -2.34. The molecule has 1 aliphatic rings. The number of sulfone groups is 1. The van der Waals surface area contributed by atoms with Crippen molar-refractivity contribution in [1.82, 2.24) is 9.97 Å². The molecule has 1 saturated heterocycles. The van der Waals surface area contributed by atoms with E-state index in [-0.39, 0.29) is 17.5 Å². The van der Waals surface area contributed by atoms with E-state index in [4.69, 9.17) is 4.74 Å². The van der Waals surface area contributed by atoms with Crippen molar-refractivity contribution in [2.75, 3.05) is 35.9 Å². The molecule has 2 aromatic rings. The summed E-state index contributed by atoms with van der Waals surface area (Å²) in [5.41, 5.74) is 1.85. The van der Waals surface area contributed by atoms with E-state index in [0.717, 1.165) is 17.0 Å². The van der Waals surface area contributed by atoms with Crippen LogP contribution >= 0.6 is 0 Å². The first-order valence-electron chi connectivity index (χ1n) is 8.52. The zero-order valence-corrected chi connectivity index (χ0v) is 16.1. The second-order valence-corrected chi connectivity index (χ2v) is 8.76. The highest BCUT2D eigenvalue weighted by Gasteiger charge is 2.31. The van der Waals surface area contributed by atoms with Gasteiger partial charge in [-0.3, -0.25) is 0 Å². The van der Waals surface area contributed by atoms with Crippen LogP contribution in [0.25, 0.3) is 0 Å². The van der Waals surface area contributed by atoms with Crippen molar-refractivity contribution in [2.45, 2.75) is 25.9 Å². The van der Waals surface area contributed by atoms with Gasteiger partial charge in [-0.15, -0.1) is 0 Å². The minimum absolute atomic E-state index is 0.0798. The van der Waals surface area contributed by atoms with Crippen LogP contribution in [-0.4, -0.2) is 50.1 Å². The van der Waals surface area contributed by atoms with Crippen LogP contribution in [0.4, 0.5) is 11.8 Å². The molecule has 7 nitrogen and oxygen atoms in total. The number of nitrogens with zero attached hydrogens (tertiary/aromatic N) is 3. The zero-order chi connectivity index (χ0) is 18.7. The van der Waals surface area contributed by atoms with Gasteiger partial charge < -0.3 is 15.0 Å². The van der Waals surface area contributed by atoms with Gasteiger partial charge in [-0.2, -0.15) is 4.98 Å². The second-order valence-electron chi connectivity index (χ2n) is 6.53. The Balaban J connectivity index is 1.75. The summed E-state index contributed by atoms with van der Waals surface area (Å²) < 4.78 is 28.8. The van der Waals surface area contributed by atoms with Gasteiger partial charge in [0, 0.05) is 37.0 Å². The first-order chi connectivity index (χ1) is 12.4. The van der Waals surface area contributed by atoms with Crippen LogP contribution in [0.15, 0.2) is 30.3 Å². The Morgan fingerprint density at radius 1 is 1.31 bits per heavy atom. The molecule has 0 amide bonds. The molecule has 3 rings (SSSR count). The fraction of sp³-hybridized carbons (Fsp3) is 0.444. The van der Waals surface area contributed by atoms with Gasteiger partial charge in [0.25, 0.3) is 0 Å². The number of aromatic nitrogens is 2. The smallest absolute Gasteiger partial charge is 0.227 e. The zero-order valence-electron chi connectivity index (χ0n) is 15.3. The number of hydrogen-bond donors (Lipinski definition) is 1. The Morgan fingerprint density at radius 3 is 2.77 bits per heavy atom. The molecule has 1 atom stereocenters. The van der Waals surface area contributed by atoms with Crippen molar-refractivity contribution in [1.29, 1.82) is 0 Å². The molecule has 1 fully saturated rings. The normalized spacial score (nSPS) is 18.5. The number of anilines is 2. The number of para-hydroxylation sites is 1. The maximum atomic E-state index is 11.7. The average Bonchev–Trinajstić information content (AvgIpc) is 2.99. The monoisotopic (exact) mass is 376 g/mol. The summed E-state index contributed by atoms with van der Waals surface area (Å²) in [5, 5.41) is 3.30. The highest BCUT2D eigenvalue weighted by atomic mass is 32.2. The molecule has 0 saturated carbocycles. The molecule has 0 radical (unpaired) electrons. The lowest BCUT2D eigenvalue weighted by atomic mass is 10.2. The number of hydrogen-bond acceptors (Lipinski definition) is 7. The van der Waals surface area contributed by atoms with E-state index in [2.05, 4.69) is 15.3 Å². The largest absolute Gasteiger partial charge is 0.496 e. The van der Waals surface area contributed by atoms with Crippen molar-refractivity contribution >= 4 is 21.6 Å². The Hall–Kier alpha value is -2.35. The molecule has 140 valence electrons. The highest BCUT2D eigenvalue weighted by Crippen LogP contribution is 2.23. The van der Waals surface area contributed by atoms with E-state index >= 15 is 0 Å². The topological polar surface area (TPSA) is 84.4 Å². The quantitative estimate of drug-likeness (QED) is 0.826. The summed E-state index contributed by atoms with van der Waals surface area (Å²) >= 11 is 0. The summed E-state index contributed by atoms with van der Waals surface area (Å²) in [6, 6.07) is 9.60. The Bertz CT molecular complexity index is 886. The summed E-state index contributed by atoms with van der Waals surface area (Å²) in [5.74, 6) is 2.44. The molecular weight excluding hydrogens is 352 g/mol. The van der Waals surface area contributed by atoms with Gasteiger partial charge in [-0.05, 0) is 19.4 Å². The van der Waals surface area contributed by atoms with E-state index in [0.29, 0.717) is 24.7 Å². The molecule has 1 unspecified atom stereocenters. The van der Waals surface area contributed by atoms with Gasteiger partial charge >= 0.3 is 0 Å². The van der Waals surface area contributed by atoms with Crippen LogP contribution in [0.5, 0.6) is 5.75 Å². The maximum Gasteiger partial charge on any atom is 0.227 e. The van der Waals surface area contributed by atoms with E-state index in [1.807, 2.05) is 49.2 Å². The van der Waals surface area contributed by atoms with E-state index < -0.39 is 9.84 Å². The molecule has 1 aliphatic heterocycles. The second kappa shape index (κ2) is 7.49. The van der Waals surface area contributed by atoms with E-state index in [1.165, 1.54) is 0 Å². The average molecular weight is 376 g/mol. The third kappa shape index (κ3) is 4.24. The number of aryl methyl sites for hydroxylation is 1. The minimum atomic E-state index is -2.95. The Labute approximate surface area is 154 Å². The molecule has 1 aromatic heterocycles. The molecule has 8 heteroatoms. The molecular formula is C18H24N4O3S. The number of nitrogens with one attached hydrogen (secondary N) is 1. The number of benzene rings is 1. The van der Waals surface area contributed by atoms with Gasteiger partial charge in [0.2, 0.25) is 5.95 Å². The highest BCUT2D eigenvalue weighted by molar-refractivity contribution is 7.91. The summed E-state index contributed by atoms with van der Waals surface area (Å²) in [7, 11) is 0.551. The van der Waals surface area contributed by atoms with Crippen molar-refractivity contribution in [2.24, 2.45) is 0 Å². The van der Waals surface area contributed by atoms with Gasteiger partial charge in [0.05, 0.1) is 18.6 Å².